The topological polar surface area (TPSA) is 36.7 Å². The predicted molar refractivity (Wildman–Crippen MR) is 58.9 cm³/mol. The van der Waals surface area contributed by atoms with E-state index in [4.69, 9.17) is 5.26 Å². The normalized spacial score (nSPS) is 9.75. The first-order valence-corrected chi connectivity index (χ1v) is 4.87. The zero-order chi connectivity index (χ0) is 11.4. The molecule has 2 aromatic rings. The molecule has 0 N–H and O–H groups in total. The Hall–Kier alpha value is -2.21. The van der Waals surface area contributed by atoms with Crippen LogP contribution in [0.15, 0.2) is 42.7 Å². The monoisotopic (exact) mass is 212 g/mol. The van der Waals surface area contributed by atoms with E-state index in [9.17, 15) is 4.39 Å². The van der Waals surface area contributed by atoms with E-state index in [2.05, 4.69) is 4.98 Å². The maximum Gasteiger partial charge on any atom is 0.128 e. The molecule has 0 saturated heterocycles. The van der Waals surface area contributed by atoms with Crippen LogP contribution in [0.1, 0.15) is 5.56 Å². The van der Waals surface area contributed by atoms with Crippen molar-refractivity contribution in [3.05, 3.63) is 54.1 Å². The quantitative estimate of drug-likeness (QED) is 0.767. The zero-order valence-corrected chi connectivity index (χ0v) is 8.52. The van der Waals surface area contributed by atoms with E-state index in [0.29, 0.717) is 5.56 Å². The number of nitrogens with zero attached hydrogens (tertiary/aromatic N) is 2. The molecule has 0 atom stereocenters. The fraction of sp³-hybridized carbons (Fsp3) is 0.0769. The number of aromatic nitrogens is 1. The van der Waals surface area contributed by atoms with E-state index in [1.807, 2.05) is 12.1 Å². The molecular formula is C13H9FN2. The molecule has 0 bridgehead atoms. The molecule has 1 aromatic carbocycles. The molecule has 0 unspecified atom stereocenters. The van der Waals surface area contributed by atoms with E-state index in [-0.39, 0.29) is 12.2 Å². The van der Waals surface area contributed by atoms with Gasteiger partial charge in [-0.2, -0.15) is 5.26 Å². The molecule has 1 aromatic heterocycles. The minimum absolute atomic E-state index is 0.0737. The van der Waals surface area contributed by atoms with Crippen LogP contribution in [-0.4, -0.2) is 4.98 Å². The van der Waals surface area contributed by atoms with Crippen molar-refractivity contribution in [1.82, 2.24) is 4.98 Å². The summed E-state index contributed by atoms with van der Waals surface area (Å²) in [6.45, 7) is 0. The lowest BCUT2D eigenvalue weighted by Gasteiger charge is -2.07. The Morgan fingerprint density at radius 2 is 1.94 bits per heavy atom. The average Bonchev–Trinajstić information content (AvgIpc) is 2.33. The number of hydrogen-bond donors (Lipinski definition) is 0. The molecule has 0 aliphatic rings. The number of nitriles is 1. The van der Waals surface area contributed by atoms with E-state index < -0.39 is 0 Å². The van der Waals surface area contributed by atoms with Crippen LogP contribution in [0.5, 0.6) is 0 Å². The maximum atomic E-state index is 13.6. The molecule has 0 saturated carbocycles. The summed E-state index contributed by atoms with van der Waals surface area (Å²) < 4.78 is 13.6. The molecule has 0 fully saturated rings. The second-order valence-corrected chi connectivity index (χ2v) is 3.34. The standard InChI is InChI=1S/C13H9FN2/c14-13-3-1-2-11(12(13)4-7-15)10-5-8-16-9-6-10/h1-3,5-6,8-9H,4H2. The molecule has 78 valence electrons. The summed E-state index contributed by atoms with van der Waals surface area (Å²) in [4.78, 5) is 3.91. The molecular weight excluding hydrogens is 203 g/mol. The highest BCUT2D eigenvalue weighted by molar-refractivity contribution is 5.67. The van der Waals surface area contributed by atoms with Gasteiger partial charge in [0.1, 0.15) is 5.82 Å². The molecule has 0 spiro atoms. The second-order valence-electron chi connectivity index (χ2n) is 3.34. The summed E-state index contributed by atoms with van der Waals surface area (Å²) in [6.07, 6.45) is 3.37. The zero-order valence-electron chi connectivity index (χ0n) is 8.52. The average molecular weight is 212 g/mol. The number of pyridine rings is 1. The SMILES string of the molecule is N#CCc1c(F)cccc1-c1ccncc1. The first-order chi connectivity index (χ1) is 7.83. The third-order valence-corrected chi connectivity index (χ3v) is 2.37. The van der Waals surface area contributed by atoms with Crippen molar-refractivity contribution in [1.29, 1.82) is 5.26 Å². The van der Waals surface area contributed by atoms with Crippen LogP contribution in [0.25, 0.3) is 11.1 Å². The lowest BCUT2D eigenvalue weighted by atomic mass is 9.98. The van der Waals surface area contributed by atoms with Crippen LogP contribution in [0.3, 0.4) is 0 Å². The fourth-order valence-corrected chi connectivity index (χ4v) is 1.62. The molecule has 2 nitrogen and oxygen atoms in total. The maximum absolute atomic E-state index is 13.6. The van der Waals surface area contributed by atoms with E-state index in [0.717, 1.165) is 11.1 Å². The van der Waals surface area contributed by atoms with Crippen LogP contribution in [-0.2, 0) is 6.42 Å². The van der Waals surface area contributed by atoms with Crippen LogP contribution in [0.2, 0.25) is 0 Å². The highest BCUT2D eigenvalue weighted by Gasteiger charge is 2.09. The first-order valence-electron chi connectivity index (χ1n) is 4.87. The fourth-order valence-electron chi connectivity index (χ4n) is 1.62. The molecule has 16 heavy (non-hydrogen) atoms. The van der Waals surface area contributed by atoms with Crippen molar-refractivity contribution >= 4 is 0 Å². The van der Waals surface area contributed by atoms with Gasteiger partial charge in [-0.1, -0.05) is 12.1 Å². The Labute approximate surface area is 93.0 Å². The summed E-state index contributed by atoms with van der Waals surface area (Å²) in [5.41, 5.74) is 2.07. The molecule has 1 heterocycles. The van der Waals surface area contributed by atoms with E-state index in [1.165, 1.54) is 6.07 Å². The van der Waals surface area contributed by atoms with Crippen molar-refractivity contribution in [3.63, 3.8) is 0 Å². The van der Waals surface area contributed by atoms with Gasteiger partial charge in [-0.3, -0.25) is 4.98 Å². The van der Waals surface area contributed by atoms with Gasteiger partial charge < -0.3 is 0 Å². The van der Waals surface area contributed by atoms with Gasteiger partial charge in [-0.15, -0.1) is 0 Å². The van der Waals surface area contributed by atoms with Gasteiger partial charge >= 0.3 is 0 Å². The Kier molecular flexibility index (Phi) is 2.93. The van der Waals surface area contributed by atoms with Gasteiger partial charge in [0.05, 0.1) is 12.5 Å². The third-order valence-electron chi connectivity index (χ3n) is 2.37. The summed E-state index contributed by atoms with van der Waals surface area (Å²) in [5, 5.41) is 8.69. The van der Waals surface area contributed by atoms with Gasteiger partial charge in [-0.05, 0) is 29.3 Å². The second kappa shape index (κ2) is 4.54. The van der Waals surface area contributed by atoms with Gasteiger partial charge in [0.2, 0.25) is 0 Å². The number of benzene rings is 1. The third kappa shape index (κ3) is 1.91. The summed E-state index contributed by atoms with van der Waals surface area (Å²) in [7, 11) is 0. The summed E-state index contributed by atoms with van der Waals surface area (Å²) in [5.74, 6) is -0.337. The minimum atomic E-state index is -0.337. The highest BCUT2D eigenvalue weighted by Crippen LogP contribution is 2.25. The molecule has 0 aliphatic heterocycles. The highest BCUT2D eigenvalue weighted by atomic mass is 19.1. The van der Waals surface area contributed by atoms with Gasteiger partial charge in [-0.25, -0.2) is 4.39 Å². The van der Waals surface area contributed by atoms with Gasteiger partial charge in [0.25, 0.3) is 0 Å². The van der Waals surface area contributed by atoms with Gasteiger partial charge in [0, 0.05) is 18.0 Å². The minimum Gasteiger partial charge on any atom is -0.265 e. The molecule has 3 heteroatoms. The predicted octanol–water partition coefficient (Wildman–Crippen LogP) is 2.95. The number of hydrogen-bond acceptors (Lipinski definition) is 2. The number of rotatable bonds is 2. The van der Waals surface area contributed by atoms with Gasteiger partial charge in [0.15, 0.2) is 0 Å². The number of halogens is 1. The first kappa shape index (κ1) is 10.3. The van der Waals surface area contributed by atoms with Crippen LogP contribution < -0.4 is 0 Å². The van der Waals surface area contributed by atoms with Crippen molar-refractivity contribution in [3.8, 4) is 17.2 Å². The summed E-state index contributed by atoms with van der Waals surface area (Å²) >= 11 is 0. The van der Waals surface area contributed by atoms with E-state index >= 15 is 0 Å². The Morgan fingerprint density at radius 3 is 2.62 bits per heavy atom. The molecule has 0 amide bonds. The lowest BCUT2D eigenvalue weighted by Crippen LogP contribution is -1.93. The summed E-state index contributed by atoms with van der Waals surface area (Å²) in [6, 6.07) is 10.4. The van der Waals surface area contributed by atoms with E-state index in [1.54, 1.807) is 30.6 Å². The molecule has 0 aliphatic carbocycles. The Balaban J connectivity index is 2.57. The largest absolute Gasteiger partial charge is 0.265 e. The van der Waals surface area contributed by atoms with Crippen LogP contribution in [0.4, 0.5) is 4.39 Å². The van der Waals surface area contributed by atoms with Crippen LogP contribution in [0, 0.1) is 17.1 Å². The lowest BCUT2D eigenvalue weighted by molar-refractivity contribution is 0.616. The molecule has 2 rings (SSSR count). The Morgan fingerprint density at radius 1 is 1.19 bits per heavy atom. The van der Waals surface area contributed by atoms with Crippen molar-refractivity contribution in [2.75, 3.05) is 0 Å². The Bertz CT molecular complexity index is 529. The molecule has 0 radical (unpaired) electrons. The smallest absolute Gasteiger partial charge is 0.128 e. The van der Waals surface area contributed by atoms with Crippen molar-refractivity contribution < 1.29 is 4.39 Å². The van der Waals surface area contributed by atoms with Crippen molar-refractivity contribution in [2.24, 2.45) is 0 Å². The van der Waals surface area contributed by atoms with Crippen molar-refractivity contribution in [2.45, 2.75) is 6.42 Å². The van der Waals surface area contributed by atoms with Crippen LogP contribution >= 0.6 is 0 Å².